The van der Waals surface area contributed by atoms with Gasteiger partial charge in [-0.2, -0.15) is 0 Å². The first-order chi connectivity index (χ1) is 13.0. The molecular weight excluding hydrogens is 360 g/mol. The number of amides is 1. The van der Waals surface area contributed by atoms with E-state index in [0.29, 0.717) is 13.1 Å². The number of aryl methyl sites for hydroxylation is 1. The maximum absolute atomic E-state index is 13.3. The van der Waals surface area contributed by atoms with E-state index in [1.54, 1.807) is 4.31 Å². The van der Waals surface area contributed by atoms with E-state index in [1.165, 1.54) is 6.42 Å². The molecule has 5 nitrogen and oxygen atoms in total. The molecule has 6 heteroatoms. The van der Waals surface area contributed by atoms with Crippen molar-refractivity contribution < 1.29 is 13.2 Å². The fourth-order valence-electron chi connectivity index (χ4n) is 4.99. The van der Waals surface area contributed by atoms with Crippen molar-refractivity contribution in [1.82, 2.24) is 4.31 Å². The Hall–Kier alpha value is -1.40. The molecule has 1 aromatic rings. The second kappa shape index (κ2) is 7.21. The molecule has 1 unspecified atom stereocenters. The van der Waals surface area contributed by atoms with Gasteiger partial charge < -0.3 is 5.32 Å². The van der Waals surface area contributed by atoms with Crippen LogP contribution in [-0.2, 0) is 21.2 Å². The number of carbonyl (C=O) groups is 1. The van der Waals surface area contributed by atoms with Crippen molar-refractivity contribution in [3.8, 4) is 0 Å². The van der Waals surface area contributed by atoms with E-state index >= 15 is 0 Å². The number of nitrogens with one attached hydrogen (secondary N) is 1. The summed E-state index contributed by atoms with van der Waals surface area (Å²) in [6.45, 7) is 2.95. The van der Waals surface area contributed by atoms with Gasteiger partial charge in [0, 0.05) is 18.8 Å². The van der Waals surface area contributed by atoms with E-state index in [2.05, 4.69) is 12.2 Å². The third-order valence-electron chi connectivity index (χ3n) is 6.74. The van der Waals surface area contributed by atoms with Crippen LogP contribution in [0.3, 0.4) is 0 Å². The van der Waals surface area contributed by atoms with Crippen LogP contribution in [0.1, 0.15) is 57.4 Å². The van der Waals surface area contributed by atoms with Gasteiger partial charge in [0.15, 0.2) is 0 Å². The summed E-state index contributed by atoms with van der Waals surface area (Å²) in [5.41, 5.74) is 1.79. The van der Waals surface area contributed by atoms with Gasteiger partial charge in [0.2, 0.25) is 15.9 Å². The molecule has 0 radical (unpaired) electrons. The molecule has 2 aliphatic carbocycles. The molecule has 148 valence electrons. The molecule has 1 amide bonds. The van der Waals surface area contributed by atoms with Crippen LogP contribution in [0.4, 0.5) is 5.69 Å². The number of benzene rings is 1. The molecule has 4 rings (SSSR count). The van der Waals surface area contributed by atoms with Crippen LogP contribution in [0.15, 0.2) is 24.3 Å². The van der Waals surface area contributed by atoms with Crippen molar-refractivity contribution in [2.45, 2.75) is 63.5 Å². The zero-order valence-corrected chi connectivity index (χ0v) is 16.9. The van der Waals surface area contributed by atoms with Crippen molar-refractivity contribution in [3.63, 3.8) is 0 Å². The van der Waals surface area contributed by atoms with Gasteiger partial charge in [-0.25, -0.2) is 12.7 Å². The summed E-state index contributed by atoms with van der Waals surface area (Å²) in [4.78, 5) is 13.3. The van der Waals surface area contributed by atoms with Crippen molar-refractivity contribution in [1.29, 1.82) is 0 Å². The molecule has 27 heavy (non-hydrogen) atoms. The number of carbonyl (C=O) groups excluding carboxylic acids is 1. The summed E-state index contributed by atoms with van der Waals surface area (Å²) < 4.78 is 27.3. The molecule has 2 saturated carbocycles. The predicted molar refractivity (Wildman–Crippen MR) is 107 cm³/mol. The average Bonchev–Trinajstić information content (AvgIpc) is 3.46. The second-order valence-corrected chi connectivity index (χ2v) is 10.7. The quantitative estimate of drug-likeness (QED) is 0.836. The molecule has 1 heterocycles. The monoisotopic (exact) mass is 390 g/mol. The number of rotatable bonds is 5. The van der Waals surface area contributed by atoms with Gasteiger partial charge in [0.25, 0.3) is 0 Å². The number of hydrogen-bond acceptors (Lipinski definition) is 3. The van der Waals surface area contributed by atoms with Crippen LogP contribution in [0.2, 0.25) is 0 Å². The van der Waals surface area contributed by atoms with Crippen LogP contribution in [0, 0.1) is 11.3 Å². The van der Waals surface area contributed by atoms with Crippen molar-refractivity contribution in [2.24, 2.45) is 11.3 Å². The molecule has 1 atom stereocenters. The molecule has 1 N–H and O–H groups in total. The Balaban J connectivity index is 1.59. The second-order valence-electron chi connectivity index (χ2n) is 8.51. The minimum absolute atomic E-state index is 0.00806. The van der Waals surface area contributed by atoms with Crippen LogP contribution >= 0.6 is 0 Å². The summed E-state index contributed by atoms with van der Waals surface area (Å²) in [5.74, 6) is -0.262. The molecule has 1 saturated heterocycles. The first kappa shape index (κ1) is 18.9. The third-order valence-corrected chi connectivity index (χ3v) is 9.06. The topological polar surface area (TPSA) is 66.5 Å². The summed E-state index contributed by atoms with van der Waals surface area (Å²) in [6.07, 6.45) is 7.67. The lowest BCUT2D eigenvalue weighted by atomic mass is 9.67. The van der Waals surface area contributed by atoms with Gasteiger partial charge in [-0.05, 0) is 49.1 Å². The third kappa shape index (κ3) is 3.54. The largest absolute Gasteiger partial charge is 0.326 e. The number of anilines is 1. The summed E-state index contributed by atoms with van der Waals surface area (Å²) in [7, 11) is -3.24. The minimum Gasteiger partial charge on any atom is -0.326 e. The lowest BCUT2D eigenvalue weighted by Crippen LogP contribution is -2.39. The smallest absolute Gasteiger partial charge is 0.229 e. The van der Waals surface area contributed by atoms with Gasteiger partial charge in [-0.1, -0.05) is 44.4 Å². The van der Waals surface area contributed by atoms with E-state index in [4.69, 9.17) is 0 Å². The van der Waals surface area contributed by atoms with Crippen LogP contribution in [0.5, 0.6) is 0 Å². The first-order valence-electron chi connectivity index (χ1n) is 10.3. The highest BCUT2D eigenvalue weighted by molar-refractivity contribution is 7.90. The van der Waals surface area contributed by atoms with E-state index in [1.807, 2.05) is 24.3 Å². The Morgan fingerprint density at radius 1 is 1.19 bits per heavy atom. The summed E-state index contributed by atoms with van der Waals surface area (Å²) in [5, 5.41) is 2.92. The van der Waals surface area contributed by atoms with Crippen molar-refractivity contribution in [2.75, 3.05) is 18.4 Å². The fraction of sp³-hybridized carbons (Fsp3) is 0.667. The molecule has 1 aliphatic heterocycles. The minimum atomic E-state index is -3.24. The SMILES string of the molecule is CCc1ccccc1NC(=O)C1CN(S(=O)(=O)C2CC2)CC12CCCCC2. The van der Waals surface area contributed by atoms with Gasteiger partial charge >= 0.3 is 0 Å². The predicted octanol–water partition coefficient (Wildman–Crippen LogP) is 3.56. The first-order valence-corrected chi connectivity index (χ1v) is 11.8. The number of para-hydroxylation sites is 1. The fourth-order valence-corrected chi connectivity index (χ4v) is 6.94. The maximum atomic E-state index is 13.3. The van der Waals surface area contributed by atoms with Crippen LogP contribution < -0.4 is 5.32 Å². The molecule has 1 spiro atoms. The van der Waals surface area contributed by atoms with Crippen molar-refractivity contribution in [3.05, 3.63) is 29.8 Å². The Morgan fingerprint density at radius 2 is 1.89 bits per heavy atom. The molecular formula is C21H30N2O3S. The van der Waals surface area contributed by atoms with Gasteiger partial charge in [-0.3, -0.25) is 4.79 Å². The Morgan fingerprint density at radius 3 is 2.56 bits per heavy atom. The lowest BCUT2D eigenvalue weighted by molar-refractivity contribution is -0.123. The Kier molecular flexibility index (Phi) is 5.06. The summed E-state index contributed by atoms with van der Waals surface area (Å²) >= 11 is 0. The van der Waals surface area contributed by atoms with E-state index < -0.39 is 10.0 Å². The molecule has 0 aromatic heterocycles. The summed E-state index contributed by atoms with van der Waals surface area (Å²) in [6, 6.07) is 7.89. The maximum Gasteiger partial charge on any atom is 0.229 e. The zero-order valence-electron chi connectivity index (χ0n) is 16.1. The number of nitrogens with zero attached hydrogens (tertiary/aromatic N) is 1. The van der Waals surface area contributed by atoms with Crippen LogP contribution in [0.25, 0.3) is 0 Å². The van der Waals surface area contributed by atoms with Gasteiger partial charge in [0.05, 0.1) is 11.2 Å². The number of sulfonamides is 1. The normalized spacial score (nSPS) is 25.6. The Bertz CT molecular complexity index is 810. The standard InChI is InChI=1S/C21H30N2O3S/c1-2-16-8-4-5-9-19(16)22-20(24)18-14-23(27(25,26)17-10-11-17)15-21(18)12-6-3-7-13-21/h4-5,8-9,17-18H,2-3,6-7,10-15H2,1H3,(H,22,24). The highest BCUT2D eigenvalue weighted by Crippen LogP contribution is 2.50. The van der Waals surface area contributed by atoms with Crippen LogP contribution in [-0.4, -0.2) is 37.0 Å². The molecule has 3 aliphatic rings. The van der Waals surface area contributed by atoms with Crippen molar-refractivity contribution >= 4 is 21.6 Å². The molecule has 3 fully saturated rings. The highest BCUT2D eigenvalue weighted by Gasteiger charge is 2.55. The molecule has 1 aromatic carbocycles. The number of hydrogen-bond donors (Lipinski definition) is 1. The van der Waals surface area contributed by atoms with Gasteiger partial charge in [-0.15, -0.1) is 0 Å². The van der Waals surface area contributed by atoms with Gasteiger partial charge in [0.1, 0.15) is 0 Å². The Labute approximate surface area is 162 Å². The highest BCUT2D eigenvalue weighted by atomic mass is 32.2. The van der Waals surface area contributed by atoms with E-state index in [-0.39, 0.29) is 22.5 Å². The van der Waals surface area contributed by atoms with E-state index in [9.17, 15) is 13.2 Å². The zero-order chi connectivity index (χ0) is 19.1. The van der Waals surface area contributed by atoms with E-state index in [0.717, 1.165) is 56.2 Å². The molecule has 0 bridgehead atoms. The lowest BCUT2D eigenvalue weighted by Gasteiger charge is -2.37. The average molecular weight is 391 g/mol.